The maximum absolute atomic E-state index is 12.1. The number of para-hydroxylation sites is 1. The van der Waals surface area contributed by atoms with E-state index in [4.69, 9.17) is 4.84 Å². The molecular weight excluding hydrogens is 202 g/mol. The molecule has 3 rings (SSSR count). The molecule has 0 unspecified atom stereocenters. The van der Waals surface area contributed by atoms with Gasteiger partial charge in [-0.25, -0.2) is 0 Å². The third-order valence-corrected chi connectivity index (χ3v) is 3.29. The van der Waals surface area contributed by atoms with Crippen LogP contribution in [-0.2, 0) is 12.8 Å². The lowest BCUT2D eigenvalue weighted by Gasteiger charge is -2.11. The average Bonchev–Trinajstić information content (AvgIpc) is 2.79. The van der Waals surface area contributed by atoms with Gasteiger partial charge in [-0.15, -0.1) is 4.73 Å². The molecule has 0 radical (unpaired) electrons. The summed E-state index contributed by atoms with van der Waals surface area (Å²) in [6.45, 7) is 0. The molecule has 0 aliphatic heterocycles. The highest BCUT2D eigenvalue weighted by molar-refractivity contribution is 5.83. The van der Waals surface area contributed by atoms with Crippen molar-refractivity contribution < 1.29 is 4.84 Å². The van der Waals surface area contributed by atoms with Gasteiger partial charge in [-0.3, -0.25) is 4.79 Å². The third kappa shape index (κ3) is 1.11. The van der Waals surface area contributed by atoms with E-state index in [1.54, 1.807) is 0 Å². The summed E-state index contributed by atoms with van der Waals surface area (Å²) in [5, 5.41) is 1.15. The van der Waals surface area contributed by atoms with Crippen LogP contribution in [0.5, 0.6) is 0 Å². The number of pyridine rings is 1. The highest BCUT2D eigenvalue weighted by Gasteiger charge is 2.20. The second kappa shape index (κ2) is 3.37. The maximum atomic E-state index is 12.1. The van der Waals surface area contributed by atoms with Crippen molar-refractivity contribution in [2.75, 3.05) is 7.11 Å². The first-order valence-corrected chi connectivity index (χ1v) is 5.53. The summed E-state index contributed by atoms with van der Waals surface area (Å²) in [5.41, 5.74) is 3.03. The van der Waals surface area contributed by atoms with E-state index >= 15 is 0 Å². The molecule has 1 aromatic heterocycles. The molecule has 0 atom stereocenters. The minimum atomic E-state index is 0.00806. The Morgan fingerprint density at radius 2 is 1.94 bits per heavy atom. The quantitative estimate of drug-likeness (QED) is 0.722. The van der Waals surface area contributed by atoms with Crippen LogP contribution >= 0.6 is 0 Å². The highest BCUT2D eigenvalue weighted by Crippen LogP contribution is 2.26. The second-order valence-corrected chi connectivity index (χ2v) is 4.11. The number of aromatic nitrogens is 1. The summed E-state index contributed by atoms with van der Waals surface area (Å²) < 4.78 is 1.40. The van der Waals surface area contributed by atoms with Crippen molar-refractivity contribution in [2.24, 2.45) is 0 Å². The average molecular weight is 215 g/mol. The number of benzene rings is 1. The van der Waals surface area contributed by atoms with Gasteiger partial charge >= 0.3 is 0 Å². The zero-order chi connectivity index (χ0) is 11.1. The van der Waals surface area contributed by atoms with Crippen molar-refractivity contribution in [3.63, 3.8) is 0 Å². The van der Waals surface area contributed by atoms with Crippen LogP contribution in [0.3, 0.4) is 0 Å². The molecule has 16 heavy (non-hydrogen) atoms. The van der Waals surface area contributed by atoms with Crippen LogP contribution in [0.1, 0.15) is 17.5 Å². The van der Waals surface area contributed by atoms with Crippen LogP contribution in [0.4, 0.5) is 0 Å². The van der Waals surface area contributed by atoms with Crippen molar-refractivity contribution in [3.05, 3.63) is 45.7 Å². The molecule has 0 bridgehead atoms. The standard InChI is InChI=1S/C13H13NO2/c1-16-14-12-8-3-2-5-10(12)9-6-4-7-11(9)13(14)15/h2-3,5,8H,4,6-7H2,1H3. The van der Waals surface area contributed by atoms with E-state index in [2.05, 4.69) is 6.07 Å². The minimum absolute atomic E-state index is 0.00806. The van der Waals surface area contributed by atoms with Crippen molar-refractivity contribution in [1.29, 1.82) is 0 Å². The van der Waals surface area contributed by atoms with Gasteiger partial charge in [0.15, 0.2) is 0 Å². The van der Waals surface area contributed by atoms with E-state index in [0.717, 1.165) is 35.7 Å². The van der Waals surface area contributed by atoms with Gasteiger partial charge in [0.05, 0.1) is 5.52 Å². The summed E-state index contributed by atoms with van der Waals surface area (Å²) in [5.74, 6) is 0. The molecular formula is C13H13NO2. The van der Waals surface area contributed by atoms with Gasteiger partial charge < -0.3 is 4.84 Å². The van der Waals surface area contributed by atoms with Gasteiger partial charge in [0.1, 0.15) is 7.11 Å². The molecule has 3 heteroatoms. The summed E-state index contributed by atoms with van der Waals surface area (Å²) in [6, 6.07) is 7.93. The molecule has 1 aromatic carbocycles. The van der Waals surface area contributed by atoms with Crippen molar-refractivity contribution in [1.82, 2.24) is 4.73 Å². The highest BCUT2D eigenvalue weighted by atomic mass is 16.6. The first kappa shape index (κ1) is 9.46. The number of nitrogens with zero attached hydrogens (tertiary/aromatic N) is 1. The largest absolute Gasteiger partial charge is 0.413 e. The summed E-state index contributed by atoms with van der Waals surface area (Å²) in [7, 11) is 1.54. The van der Waals surface area contributed by atoms with Gasteiger partial charge in [0.2, 0.25) is 0 Å². The Hall–Kier alpha value is -1.77. The van der Waals surface area contributed by atoms with E-state index < -0.39 is 0 Å². The molecule has 0 N–H and O–H groups in total. The van der Waals surface area contributed by atoms with Crippen molar-refractivity contribution >= 4 is 10.9 Å². The van der Waals surface area contributed by atoms with Crippen LogP contribution in [0.2, 0.25) is 0 Å². The maximum Gasteiger partial charge on any atom is 0.287 e. The summed E-state index contributed by atoms with van der Waals surface area (Å²) in [6.07, 6.45) is 2.96. The fraction of sp³-hybridized carbons (Fsp3) is 0.308. The predicted octanol–water partition coefficient (Wildman–Crippen LogP) is 1.55. The SMILES string of the molecule is COn1c(=O)c2c(c3ccccc31)CCC2. The van der Waals surface area contributed by atoms with E-state index in [9.17, 15) is 4.79 Å². The van der Waals surface area contributed by atoms with E-state index in [-0.39, 0.29) is 5.56 Å². The molecule has 0 saturated carbocycles. The van der Waals surface area contributed by atoms with Crippen molar-refractivity contribution in [2.45, 2.75) is 19.3 Å². The zero-order valence-electron chi connectivity index (χ0n) is 9.19. The van der Waals surface area contributed by atoms with Crippen LogP contribution in [0.25, 0.3) is 10.9 Å². The molecule has 2 aromatic rings. The zero-order valence-corrected chi connectivity index (χ0v) is 9.19. The van der Waals surface area contributed by atoms with Gasteiger partial charge in [0.25, 0.3) is 5.56 Å². The molecule has 0 spiro atoms. The number of aryl methyl sites for hydroxylation is 1. The molecule has 0 saturated heterocycles. The lowest BCUT2D eigenvalue weighted by Crippen LogP contribution is -2.28. The van der Waals surface area contributed by atoms with Gasteiger partial charge in [-0.2, -0.15) is 0 Å². The van der Waals surface area contributed by atoms with Crippen LogP contribution in [0.15, 0.2) is 29.1 Å². The summed E-state index contributed by atoms with van der Waals surface area (Å²) >= 11 is 0. The Kier molecular flexibility index (Phi) is 1.99. The Morgan fingerprint density at radius 1 is 1.19 bits per heavy atom. The van der Waals surface area contributed by atoms with Crippen LogP contribution in [0, 0.1) is 0 Å². The Labute approximate surface area is 93.2 Å². The van der Waals surface area contributed by atoms with Gasteiger partial charge in [-0.05, 0) is 30.9 Å². The number of hydrogen-bond donors (Lipinski definition) is 0. The smallest absolute Gasteiger partial charge is 0.287 e. The summed E-state index contributed by atoms with van der Waals surface area (Å²) in [4.78, 5) is 17.3. The molecule has 1 heterocycles. The fourth-order valence-corrected chi connectivity index (χ4v) is 2.60. The van der Waals surface area contributed by atoms with Gasteiger partial charge in [-0.1, -0.05) is 18.2 Å². The van der Waals surface area contributed by atoms with Crippen molar-refractivity contribution in [3.8, 4) is 0 Å². The predicted molar refractivity (Wildman–Crippen MR) is 62.7 cm³/mol. The van der Waals surface area contributed by atoms with Gasteiger partial charge in [0, 0.05) is 10.9 Å². The number of hydrogen-bond acceptors (Lipinski definition) is 2. The molecule has 1 aliphatic carbocycles. The molecule has 0 amide bonds. The third-order valence-electron chi connectivity index (χ3n) is 3.29. The van der Waals surface area contributed by atoms with Crippen LogP contribution in [-0.4, -0.2) is 11.8 Å². The first-order chi connectivity index (χ1) is 7.83. The van der Waals surface area contributed by atoms with E-state index in [1.165, 1.54) is 17.4 Å². The van der Waals surface area contributed by atoms with Crippen LogP contribution < -0.4 is 10.4 Å². The monoisotopic (exact) mass is 215 g/mol. The molecule has 0 fully saturated rings. The molecule has 1 aliphatic rings. The first-order valence-electron chi connectivity index (χ1n) is 5.53. The molecule has 82 valence electrons. The minimum Gasteiger partial charge on any atom is -0.413 e. The Bertz CT molecular complexity index is 613. The second-order valence-electron chi connectivity index (χ2n) is 4.11. The van der Waals surface area contributed by atoms with E-state index in [0.29, 0.717) is 0 Å². The Balaban J connectivity index is 2.53. The molecule has 3 nitrogen and oxygen atoms in total. The lowest BCUT2D eigenvalue weighted by molar-refractivity contribution is 0.168. The topological polar surface area (TPSA) is 31.2 Å². The normalized spacial score (nSPS) is 14.1. The Morgan fingerprint density at radius 3 is 2.75 bits per heavy atom. The fourth-order valence-electron chi connectivity index (χ4n) is 2.60. The number of rotatable bonds is 1. The number of fused-ring (bicyclic) bond motifs is 3. The van der Waals surface area contributed by atoms with E-state index in [1.807, 2.05) is 18.2 Å². The lowest BCUT2D eigenvalue weighted by atomic mass is 10.1.